The fourth-order valence-electron chi connectivity index (χ4n) is 3.36. The Balaban J connectivity index is 2.09. The zero-order valence-electron chi connectivity index (χ0n) is 16.4. The highest BCUT2D eigenvalue weighted by atomic mass is 16.7. The minimum atomic E-state index is -1.73. The highest BCUT2D eigenvalue weighted by Gasteiger charge is 2.45. The van der Waals surface area contributed by atoms with Crippen molar-refractivity contribution in [2.45, 2.75) is 44.6 Å². The Morgan fingerprint density at radius 2 is 1.60 bits per heavy atom. The Labute approximate surface area is 172 Å². The lowest BCUT2D eigenvalue weighted by Gasteiger charge is -2.40. The summed E-state index contributed by atoms with van der Waals surface area (Å²) in [7, 11) is 0. The molecule has 0 bridgehead atoms. The second kappa shape index (κ2) is 8.58. The van der Waals surface area contributed by atoms with Gasteiger partial charge in [-0.2, -0.15) is 0 Å². The Morgan fingerprint density at radius 1 is 0.967 bits per heavy atom. The van der Waals surface area contributed by atoms with Crippen LogP contribution in [-0.2, 0) is 4.74 Å². The molecule has 5 unspecified atom stereocenters. The average Bonchev–Trinajstić information content (AvgIpc) is 2.76. The van der Waals surface area contributed by atoms with Crippen molar-refractivity contribution in [1.82, 2.24) is 0 Å². The monoisotopic (exact) mass is 420 g/mol. The number of phenolic OH excluding ortho intramolecular Hbond substituents is 2. The number of aromatic hydroxyl groups is 2. The lowest BCUT2D eigenvalue weighted by atomic mass is 9.95. The number of benzene rings is 2. The lowest BCUT2D eigenvalue weighted by molar-refractivity contribution is -0.277. The van der Waals surface area contributed by atoms with Gasteiger partial charge < -0.3 is 40.1 Å². The summed E-state index contributed by atoms with van der Waals surface area (Å²) in [6.07, 6.45) is -7.83. The van der Waals surface area contributed by atoms with Crippen molar-refractivity contribution in [2.75, 3.05) is 6.61 Å². The normalized spacial score (nSPS) is 26.4. The van der Waals surface area contributed by atoms with Crippen LogP contribution in [0.3, 0.4) is 0 Å². The second-order valence-electron chi connectivity index (χ2n) is 7.16. The van der Waals surface area contributed by atoms with E-state index in [1.54, 1.807) is 18.2 Å². The molecule has 0 radical (unpaired) electrons. The summed E-state index contributed by atoms with van der Waals surface area (Å²) in [5, 5.41) is 60.5. The largest absolute Gasteiger partial charge is 0.507 e. The molecular formula is C21H24O9. The number of hydrogen-bond donors (Lipinski definition) is 6. The molecule has 2 aromatic rings. The van der Waals surface area contributed by atoms with Gasteiger partial charge in [-0.3, -0.25) is 4.79 Å². The molecule has 0 aromatic heterocycles. The van der Waals surface area contributed by atoms with E-state index in [-0.39, 0.29) is 33.8 Å². The van der Waals surface area contributed by atoms with E-state index >= 15 is 0 Å². The lowest BCUT2D eigenvalue weighted by Crippen LogP contribution is -2.60. The van der Waals surface area contributed by atoms with Gasteiger partial charge in [0.1, 0.15) is 47.2 Å². The molecule has 162 valence electrons. The molecule has 3 rings (SSSR count). The molecule has 6 N–H and O–H groups in total. The van der Waals surface area contributed by atoms with Crippen molar-refractivity contribution < 1.29 is 44.9 Å². The Bertz CT molecular complexity index is 926. The van der Waals surface area contributed by atoms with Gasteiger partial charge in [-0.1, -0.05) is 30.3 Å². The van der Waals surface area contributed by atoms with Gasteiger partial charge in [-0.25, -0.2) is 0 Å². The Kier molecular flexibility index (Phi) is 6.30. The first-order valence-corrected chi connectivity index (χ1v) is 9.31. The van der Waals surface area contributed by atoms with Crippen LogP contribution >= 0.6 is 0 Å². The van der Waals surface area contributed by atoms with Gasteiger partial charge in [0, 0.05) is 16.7 Å². The van der Waals surface area contributed by atoms with E-state index in [0.717, 1.165) is 0 Å². The van der Waals surface area contributed by atoms with Crippen LogP contribution in [0.25, 0.3) is 0 Å². The van der Waals surface area contributed by atoms with E-state index in [1.807, 2.05) is 0 Å². The topological polar surface area (TPSA) is 157 Å². The summed E-state index contributed by atoms with van der Waals surface area (Å²) in [6.45, 7) is 2.21. The number of rotatable bonds is 5. The first kappa shape index (κ1) is 22.0. The van der Waals surface area contributed by atoms with Crippen LogP contribution in [0.1, 0.15) is 27.0 Å². The van der Waals surface area contributed by atoms with Crippen molar-refractivity contribution in [2.24, 2.45) is 0 Å². The highest BCUT2D eigenvalue weighted by Crippen LogP contribution is 2.43. The molecule has 9 heteroatoms. The Hall–Kier alpha value is -2.69. The van der Waals surface area contributed by atoms with Gasteiger partial charge in [-0.05, 0) is 13.8 Å². The fraction of sp³-hybridized carbons (Fsp3) is 0.381. The first-order chi connectivity index (χ1) is 14.2. The predicted molar refractivity (Wildman–Crippen MR) is 104 cm³/mol. The van der Waals surface area contributed by atoms with Crippen LogP contribution < -0.4 is 4.74 Å². The standard InChI is InChI=1S/C21H24O9/c1-9-14(23)10(2)20(13(15(9)24)16(25)11-6-4-3-5-7-11)30-21-19(28)18(27)17(26)12(8-22)29-21/h3-7,12,17-19,21-24,26-28H,8H2,1-2H3. The van der Waals surface area contributed by atoms with Crippen molar-refractivity contribution in [3.05, 3.63) is 52.6 Å². The van der Waals surface area contributed by atoms with Crippen molar-refractivity contribution in [3.63, 3.8) is 0 Å². The van der Waals surface area contributed by atoms with Crippen LogP contribution in [0.5, 0.6) is 17.2 Å². The smallest absolute Gasteiger partial charge is 0.229 e. The number of carbonyl (C=O) groups excluding carboxylic acids is 1. The van der Waals surface area contributed by atoms with Crippen molar-refractivity contribution in [1.29, 1.82) is 0 Å². The molecule has 2 aromatic carbocycles. The number of ketones is 1. The van der Waals surface area contributed by atoms with E-state index in [4.69, 9.17) is 9.47 Å². The maximum Gasteiger partial charge on any atom is 0.229 e. The van der Waals surface area contributed by atoms with Gasteiger partial charge >= 0.3 is 0 Å². The summed E-state index contributed by atoms with van der Waals surface area (Å²) in [4.78, 5) is 13.1. The minimum Gasteiger partial charge on any atom is -0.507 e. The summed E-state index contributed by atoms with van der Waals surface area (Å²) in [5.74, 6) is -1.68. The minimum absolute atomic E-state index is 0.0629. The second-order valence-corrected chi connectivity index (χ2v) is 7.16. The highest BCUT2D eigenvalue weighted by molar-refractivity contribution is 6.13. The van der Waals surface area contributed by atoms with E-state index in [9.17, 15) is 35.4 Å². The maximum atomic E-state index is 13.1. The van der Waals surface area contributed by atoms with Crippen LogP contribution in [0, 0.1) is 13.8 Å². The first-order valence-electron chi connectivity index (χ1n) is 9.31. The summed E-state index contributed by atoms with van der Waals surface area (Å²) < 4.78 is 11.0. The van der Waals surface area contributed by atoms with Crippen molar-refractivity contribution >= 4 is 5.78 Å². The van der Waals surface area contributed by atoms with Crippen LogP contribution in [-0.4, -0.2) is 73.7 Å². The average molecular weight is 420 g/mol. The van der Waals surface area contributed by atoms with Gasteiger partial charge in [0.25, 0.3) is 0 Å². The zero-order valence-corrected chi connectivity index (χ0v) is 16.4. The molecule has 30 heavy (non-hydrogen) atoms. The SMILES string of the molecule is Cc1c(O)c(C)c(OC2OC(CO)C(O)C(O)C2O)c(C(=O)c2ccccc2)c1O. The quantitative estimate of drug-likeness (QED) is 0.370. The summed E-state index contributed by atoms with van der Waals surface area (Å²) in [5.41, 5.74) is 0.149. The molecule has 0 aliphatic carbocycles. The number of phenols is 2. The Morgan fingerprint density at radius 3 is 2.20 bits per heavy atom. The van der Waals surface area contributed by atoms with Gasteiger partial charge in [0.15, 0.2) is 0 Å². The third-order valence-corrected chi connectivity index (χ3v) is 5.22. The molecule has 5 atom stereocenters. The number of carbonyl (C=O) groups is 1. The molecule has 1 fully saturated rings. The van der Waals surface area contributed by atoms with E-state index in [0.29, 0.717) is 0 Å². The molecule has 1 heterocycles. The van der Waals surface area contributed by atoms with Crippen LogP contribution in [0.15, 0.2) is 30.3 Å². The number of aliphatic hydroxyl groups excluding tert-OH is 4. The third kappa shape index (κ3) is 3.73. The molecule has 0 amide bonds. The summed E-state index contributed by atoms with van der Waals surface area (Å²) >= 11 is 0. The molecule has 0 spiro atoms. The molecule has 1 saturated heterocycles. The van der Waals surface area contributed by atoms with Crippen LogP contribution in [0.4, 0.5) is 0 Å². The summed E-state index contributed by atoms with van der Waals surface area (Å²) in [6, 6.07) is 8.08. The predicted octanol–water partition coefficient (Wildman–Crippen LogP) is 0.124. The van der Waals surface area contributed by atoms with Gasteiger partial charge in [0.2, 0.25) is 12.1 Å². The molecular weight excluding hydrogens is 396 g/mol. The van der Waals surface area contributed by atoms with Crippen LogP contribution in [0.2, 0.25) is 0 Å². The molecule has 9 nitrogen and oxygen atoms in total. The van der Waals surface area contributed by atoms with E-state index in [1.165, 1.54) is 26.0 Å². The molecule has 0 saturated carbocycles. The van der Waals surface area contributed by atoms with Gasteiger partial charge in [0.05, 0.1) is 6.61 Å². The number of aliphatic hydroxyl groups is 4. The van der Waals surface area contributed by atoms with E-state index < -0.39 is 48.8 Å². The molecule has 1 aliphatic rings. The fourth-order valence-corrected chi connectivity index (χ4v) is 3.36. The maximum absolute atomic E-state index is 13.1. The molecule has 1 aliphatic heterocycles. The third-order valence-electron chi connectivity index (χ3n) is 5.22. The number of hydrogen-bond acceptors (Lipinski definition) is 9. The zero-order chi connectivity index (χ0) is 22.2. The number of ether oxygens (including phenoxy) is 2. The van der Waals surface area contributed by atoms with Gasteiger partial charge in [-0.15, -0.1) is 0 Å². The van der Waals surface area contributed by atoms with Crippen molar-refractivity contribution in [3.8, 4) is 17.2 Å². The van der Waals surface area contributed by atoms with E-state index in [2.05, 4.69) is 0 Å².